The molecule has 1 amide bonds. The average molecular weight is 450 g/mol. The fourth-order valence-corrected chi connectivity index (χ4v) is 4.49. The van der Waals surface area contributed by atoms with Crippen molar-refractivity contribution in [3.05, 3.63) is 91.4 Å². The van der Waals surface area contributed by atoms with E-state index in [4.69, 9.17) is 4.74 Å². The first-order valence-corrected chi connectivity index (χ1v) is 11.0. The molecule has 32 heavy (non-hydrogen) atoms. The van der Waals surface area contributed by atoms with Gasteiger partial charge in [-0.1, -0.05) is 30.3 Å². The Kier molecular flexibility index (Phi) is 5.96. The highest BCUT2D eigenvalue weighted by Crippen LogP contribution is 2.20. The molecule has 164 valence electrons. The molecule has 2 heterocycles. The van der Waals surface area contributed by atoms with E-state index in [2.05, 4.69) is 5.32 Å². The van der Waals surface area contributed by atoms with E-state index in [1.165, 1.54) is 15.9 Å². The van der Waals surface area contributed by atoms with Crippen LogP contribution in [0.4, 0.5) is 5.69 Å². The number of methoxy groups -OCH3 is 1. The van der Waals surface area contributed by atoms with Crippen molar-refractivity contribution in [1.29, 1.82) is 0 Å². The van der Waals surface area contributed by atoms with Crippen LogP contribution in [0.2, 0.25) is 0 Å². The van der Waals surface area contributed by atoms with Crippen LogP contribution < -0.4 is 21.3 Å². The Labute approximate surface area is 188 Å². The SMILES string of the molecule is COc1ccccc1Cn1c(=O)c2sccc2n(CC(=O)Nc2cccc(C)c2C)c1=O. The van der Waals surface area contributed by atoms with Crippen LogP contribution in [0.5, 0.6) is 5.75 Å². The molecule has 0 saturated carbocycles. The molecule has 0 aliphatic rings. The Morgan fingerprint density at radius 3 is 2.59 bits per heavy atom. The molecule has 0 bridgehead atoms. The van der Waals surface area contributed by atoms with Gasteiger partial charge in [-0.15, -0.1) is 11.3 Å². The van der Waals surface area contributed by atoms with Crippen LogP contribution in [0.1, 0.15) is 16.7 Å². The molecule has 2 aromatic heterocycles. The zero-order chi connectivity index (χ0) is 22.8. The predicted octanol–water partition coefficient (Wildman–Crippen LogP) is 3.54. The van der Waals surface area contributed by atoms with Crippen LogP contribution in [-0.4, -0.2) is 22.2 Å². The largest absolute Gasteiger partial charge is 0.496 e. The second kappa shape index (κ2) is 8.84. The van der Waals surface area contributed by atoms with Gasteiger partial charge in [-0.25, -0.2) is 4.79 Å². The van der Waals surface area contributed by atoms with E-state index in [9.17, 15) is 14.4 Å². The number of nitrogens with zero attached hydrogens (tertiary/aromatic N) is 2. The number of anilines is 1. The lowest BCUT2D eigenvalue weighted by Crippen LogP contribution is -2.41. The van der Waals surface area contributed by atoms with Crippen molar-refractivity contribution >= 4 is 33.1 Å². The standard InChI is InChI=1S/C24H23N3O4S/c1-15-7-6-9-18(16(15)2)25-21(28)14-26-19-11-12-32-22(19)23(29)27(24(26)30)13-17-8-4-5-10-20(17)31-3/h4-12H,13-14H2,1-3H3,(H,25,28). The number of fused-ring (bicyclic) bond motifs is 1. The number of carbonyl (C=O) groups is 1. The van der Waals surface area contributed by atoms with Gasteiger partial charge in [-0.3, -0.25) is 18.7 Å². The number of thiophene rings is 1. The average Bonchev–Trinajstić information content (AvgIpc) is 3.28. The van der Waals surface area contributed by atoms with Gasteiger partial charge in [-0.05, 0) is 48.6 Å². The molecule has 4 aromatic rings. The summed E-state index contributed by atoms with van der Waals surface area (Å²) in [7, 11) is 1.54. The monoisotopic (exact) mass is 449 g/mol. The zero-order valence-corrected chi connectivity index (χ0v) is 18.9. The van der Waals surface area contributed by atoms with Crippen LogP contribution >= 0.6 is 11.3 Å². The molecule has 1 N–H and O–H groups in total. The van der Waals surface area contributed by atoms with Gasteiger partial charge in [0.1, 0.15) is 17.0 Å². The van der Waals surface area contributed by atoms with Crippen LogP contribution in [0.25, 0.3) is 10.2 Å². The Morgan fingerprint density at radius 2 is 1.81 bits per heavy atom. The van der Waals surface area contributed by atoms with Crippen molar-refractivity contribution in [2.24, 2.45) is 0 Å². The summed E-state index contributed by atoms with van der Waals surface area (Å²) in [6, 6.07) is 14.6. The smallest absolute Gasteiger partial charge is 0.332 e. The Balaban J connectivity index is 1.74. The zero-order valence-electron chi connectivity index (χ0n) is 18.0. The third-order valence-electron chi connectivity index (χ3n) is 5.54. The molecule has 0 unspecified atom stereocenters. The number of ether oxygens (including phenoxy) is 1. The maximum atomic E-state index is 13.3. The van der Waals surface area contributed by atoms with Gasteiger partial charge < -0.3 is 10.1 Å². The first-order chi connectivity index (χ1) is 15.4. The highest BCUT2D eigenvalue weighted by Gasteiger charge is 2.18. The maximum absolute atomic E-state index is 13.3. The number of nitrogens with one attached hydrogen (secondary N) is 1. The van der Waals surface area contributed by atoms with E-state index in [1.807, 2.05) is 44.2 Å². The lowest BCUT2D eigenvalue weighted by molar-refractivity contribution is -0.116. The van der Waals surface area contributed by atoms with Gasteiger partial charge in [0.05, 0.1) is 19.2 Å². The number of aromatic nitrogens is 2. The summed E-state index contributed by atoms with van der Waals surface area (Å²) in [6.45, 7) is 3.75. The Hall–Kier alpha value is -3.65. The van der Waals surface area contributed by atoms with Crippen molar-refractivity contribution in [2.45, 2.75) is 26.9 Å². The molecule has 2 aromatic carbocycles. The van der Waals surface area contributed by atoms with Crippen LogP contribution in [0.3, 0.4) is 0 Å². The van der Waals surface area contributed by atoms with Crippen molar-refractivity contribution in [2.75, 3.05) is 12.4 Å². The number of amides is 1. The van der Waals surface area contributed by atoms with Crippen molar-refractivity contribution in [3.63, 3.8) is 0 Å². The molecule has 8 heteroatoms. The van der Waals surface area contributed by atoms with E-state index in [1.54, 1.807) is 30.7 Å². The third-order valence-corrected chi connectivity index (χ3v) is 6.43. The van der Waals surface area contributed by atoms with Crippen molar-refractivity contribution in [3.8, 4) is 5.75 Å². The van der Waals surface area contributed by atoms with Crippen LogP contribution in [-0.2, 0) is 17.9 Å². The number of hydrogen-bond donors (Lipinski definition) is 1. The molecule has 0 aliphatic heterocycles. The van der Waals surface area contributed by atoms with E-state index in [-0.39, 0.29) is 24.6 Å². The number of aryl methyl sites for hydroxylation is 1. The minimum absolute atomic E-state index is 0.0497. The molecule has 7 nitrogen and oxygen atoms in total. The van der Waals surface area contributed by atoms with Gasteiger partial charge in [0.25, 0.3) is 5.56 Å². The molecule has 0 radical (unpaired) electrons. The third kappa shape index (κ3) is 3.97. The molecule has 0 saturated heterocycles. The van der Waals surface area contributed by atoms with Crippen molar-refractivity contribution in [1.82, 2.24) is 9.13 Å². The summed E-state index contributed by atoms with van der Waals surface area (Å²) >= 11 is 1.25. The van der Waals surface area contributed by atoms with E-state index >= 15 is 0 Å². The summed E-state index contributed by atoms with van der Waals surface area (Å²) in [5.74, 6) is 0.250. The highest BCUT2D eigenvalue weighted by molar-refractivity contribution is 7.17. The summed E-state index contributed by atoms with van der Waals surface area (Å²) in [4.78, 5) is 39.2. The normalized spacial score (nSPS) is 11.0. The minimum Gasteiger partial charge on any atom is -0.496 e. The van der Waals surface area contributed by atoms with Crippen LogP contribution in [0.15, 0.2) is 63.5 Å². The van der Waals surface area contributed by atoms with Crippen molar-refractivity contribution < 1.29 is 9.53 Å². The highest BCUT2D eigenvalue weighted by atomic mass is 32.1. The first kappa shape index (κ1) is 21.6. The summed E-state index contributed by atoms with van der Waals surface area (Å²) in [5.41, 5.74) is 2.97. The van der Waals surface area contributed by atoms with E-state index in [0.717, 1.165) is 15.7 Å². The Bertz CT molecular complexity index is 1430. The van der Waals surface area contributed by atoms with Crippen LogP contribution in [0, 0.1) is 13.8 Å². The topological polar surface area (TPSA) is 82.3 Å². The molecule has 0 spiro atoms. The first-order valence-electron chi connectivity index (χ1n) is 10.1. The second-order valence-corrected chi connectivity index (χ2v) is 8.42. The Morgan fingerprint density at radius 1 is 1.03 bits per heavy atom. The summed E-state index contributed by atoms with van der Waals surface area (Å²) < 4.78 is 8.30. The van der Waals surface area contributed by atoms with Gasteiger partial charge in [0, 0.05) is 11.3 Å². The predicted molar refractivity (Wildman–Crippen MR) is 127 cm³/mol. The lowest BCUT2D eigenvalue weighted by Gasteiger charge is -2.15. The molecule has 0 aliphatic carbocycles. The molecular weight excluding hydrogens is 426 g/mol. The van der Waals surface area contributed by atoms with Gasteiger partial charge in [-0.2, -0.15) is 0 Å². The van der Waals surface area contributed by atoms with E-state index < -0.39 is 5.69 Å². The molecule has 0 atom stereocenters. The fourth-order valence-electron chi connectivity index (χ4n) is 3.65. The van der Waals surface area contributed by atoms with Gasteiger partial charge >= 0.3 is 5.69 Å². The maximum Gasteiger partial charge on any atom is 0.332 e. The molecular formula is C24H23N3O4S. The summed E-state index contributed by atoms with van der Waals surface area (Å²) in [5, 5.41) is 4.63. The molecule has 4 rings (SSSR count). The number of para-hydroxylation sites is 1. The second-order valence-electron chi connectivity index (χ2n) is 7.50. The quantitative estimate of drug-likeness (QED) is 0.488. The number of rotatable bonds is 6. The molecule has 0 fully saturated rings. The summed E-state index contributed by atoms with van der Waals surface area (Å²) in [6.07, 6.45) is 0. The number of hydrogen-bond acceptors (Lipinski definition) is 5. The van der Waals surface area contributed by atoms with E-state index in [0.29, 0.717) is 27.2 Å². The number of benzene rings is 2. The van der Waals surface area contributed by atoms with Gasteiger partial charge in [0.15, 0.2) is 0 Å². The fraction of sp³-hybridized carbons (Fsp3) is 0.208. The minimum atomic E-state index is -0.539. The number of carbonyl (C=O) groups excluding carboxylic acids is 1. The lowest BCUT2D eigenvalue weighted by atomic mass is 10.1. The van der Waals surface area contributed by atoms with Gasteiger partial charge in [0.2, 0.25) is 5.91 Å².